The molecule has 1 spiro atoms. The van der Waals surface area contributed by atoms with Crippen LogP contribution in [0.5, 0.6) is 0 Å². The minimum absolute atomic E-state index is 0.00788. The zero-order valence-corrected chi connectivity index (χ0v) is 14.1. The number of nitriles is 2. The van der Waals surface area contributed by atoms with Gasteiger partial charge in [0.2, 0.25) is 0 Å². The zero-order valence-electron chi connectivity index (χ0n) is 14.1. The zero-order chi connectivity index (χ0) is 17.3. The van der Waals surface area contributed by atoms with Gasteiger partial charge in [-0.3, -0.25) is 9.69 Å². The van der Waals surface area contributed by atoms with Crippen molar-refractivity contribution in [3.05, 3.63) is 0 Å². The Morgan fingerprint density at radius 1 is 1.35 bits per heavy atom. The van der Waals surface area contributed by atoms with Crippen molar-refractivity contribution in [1.82, 2.24) is 10.2 Å². The van der Waals surface area contributed by atoms with Crippen molar-refractivity contribution in [1.29, 1.82) is 10.5 Å². The van der Waals surface area contributed by atoms with Crippen LogP contribution in [0.25, 0.3) is 0 Å². The summed E-state index contributed by atoms with van der Waals surface area (Å²) >= 11 is 0. The predicted octanol–water partition coefficient (Wildman–Crippen LogP) is 2.57. The third-order valence-corrected chi connectivity index (χ3v) is 4.81. The summed E-state index contributed by atoms with van der Waals surface area (Å²) in [6.07, 6.45) is 2.92. The number of carbonyl (C=O) groups excluding carboxylic acids is 2. The summed E-state index contributed by atoms with van der Waals surface area (Å²) in [6, 6.07) is 3.69. The highest BCUT2D eigenvalue weighted by Gasteiger charge is 2.56. The number of carbonyl (C=O) groups is 2. The molecule has 1 N–H and O–H groups in total. The second-order valence-electron chi connectivity index (χ2n) is 7.81. The minimum atomic E-state index is -0.826. The maximum Gasteiger partial charge on any atom is 0.325 e. The van der Waals surface area contributed by atoms with E-state index in [2.05, 4.69) is 32.2 Å². The molecule has 6 nitrogen and oxygen atoms in total. The minimum Gasteiger partial charge on any atom is -0.323 e. The van der Waals surface area contributed by atoms with Crippen LogP contribution < -0.4 is 5.32 Å². The smallest absolute Gasteiger partial charge is 0.323 e. The molecule has 1 heterocycles. The van der Waals surface area contributed by atoms with Gasteiger partial charge in [0, 0.05) is 13.0 Å². The van der Waals surface area contributed by atoms with Crippen molar-refractivity contribution in [2.75, 3.05) is 6.54 Å². The summed E-state index contributed by atoms with van der Waals surface area (Å²) in [5.41, 5.74) is -0.834. The van der Waals surface area contributed by atoms with Crippen molar-refractivity contribution in [2.45, 2.75) is 58.4 Å². The van der Waals surface area contributed by atoms with E-state index in [0.29, 0.717) is 25.2 Å². The third kappa shape index (κ3) is 3.47. The van der Waals surface area contributed by atoms with E-state index in [1.54, 1.807) is 0 Å². The summed E-state index contributed by atoms with van der Waals surface area (Å²) in [4.78, 5) is 26.4. The Kier molecular flexibility index (Phi) is 4.66. The maximum absolute atomic E-state index is 12.9. The lowest BCUT2D eigenvalue weighted by Crippen LogP contribution is -2.54. The Morgan fingerprint density at radius 3 is 2.61 bits per heavy atom. The standard InChI is InChI=1S/C17H24N4O2/c1-12-7-16(2,3)11-17(8-12)14(22)21(15(23)20-17)10-13(9-19)5-4-6-18/h12-13H,4-5,7-8,10-11H2,1-3H3,(H,20,23). The lowest BCUT2D eigenvalue weighted by molar-refractivity contribution is -0.135. The fourth-order valence-corrected chi connectivity index (χ4v) is 4.33. The van der Waals surface area contributed by atoms with Gasteiger partial charge in [0.15, 0.2) is 0 Å². The van der Waals surface area contributed by atoms with E-state index in [1.807, 2.05) is 6.07 Å². The first-order valence-corrected chi connectivity index (χ1v) is 8.14. The average molecular weight is 316 g/mol. The fraction of sp³-hybridized carbons (Fsp3) is 0.765. The van der Waals surface area contributed by atoms with E-state index in [4.69, 9.17) is 5.26 Å². The van der Waals surface area contributed by atoms with Crippen LogP contribution in [-0.2, 0) is 4.79 Å². The van der Waals surface area contributed by atoms with Gasteiger partial charge in [-0.05, 0) is 37.0 Å². The van der Waals surface area contributed by atoms with E-state index in [-0.39, 0.29) is 24.3 Å². The molecule has 0 aromatic rings. The summed E-state index contributed by atoms with van der Waals surface area (Å²) in [5.74, 6) is -0.346. The summed E-state index contributed by atoms with van der Waals surface area (Å²) in [7, 11) is 0. The second-order valence-corrected chi connectivity index (χ2v) is 7.81. The fourth-order valence-electron chi connectivity index (χ4n) is 4.33. The summed E-state index contributed by atoms with van der Waals surface area (Å²) < 4.78 is 0. The molecule has 3 atom stereocenters. The maximum atomic E-state index is 12.9. The number of urea groups is 1. The van der Waals surface area contributed by atoms with Gasteiger partial charge in [0.1, 0.15) is 5.54 Å². The summed E-state index contributed by atoms with van der Waals surface area (Å²) in [6.45, 7) is 6.42. The van der Waals surface area contributed by atoms with Gasteiger partial charge < -0.3 is 5.32 Å². The molecule has 124 valence electrons. The van der Waals surface area contributed by atoms with Gasteiger partial charge in [-0.15, -0.1) is 0 Å². The highest BCUT2D eigenvalue weighted by atomic mass is 16.2. The quantitative estimate of drug-likeness (QED) is 0.806. The number of imide groups is 1. The first-order chi connectivity index (χ1) is 10.7. The second kappa shape index (κ2) is 6.20. The number of hydrogen-bond donors (Lipinski definition) is 1. The number of amides is 3. The topological polar surface area (TPSA) is 97.0 Å². The van der Waals surface area contributed by atoms with Gasteiger partial charge in [-0.2, -0.15) is 10.5 Å². The lowest BCUT2D eigenvalue weighted by Gasteiger charge is -2.43. The van der Waals surface area contributed by atoms with Crippen LogP contribution in [-0.4, -0.2) is 28.9 Å². The third-order valence-electron chi connectivity index (χ3n) is 4.81. The Morgan fingerprint density at radius 2 is 2.04 bits per heavy atom. The van der Waals surface area contributed by atoms with Crippen molar-refractivity contribution in [3.63, 3.8) is 0 Å². The van der Waals surface area contributed by atoms with E-state index in [9.17, 15) is 14.9 Å². The van der Waals surface area contributed by atoms with Crippen LogP contribution in [0.2, 0.25) is 0 Å². The van der Waals surface area contributed by atoms with E-state index >= 15 is 0 Å². The SMILES string of the molecule is CC1CC(C)(C)CC2(C1)NC(=O)N(CC(C#N)CCC#N)C2=O. The highest BCUT2D eigenvalue weighted by molar-refractivity contribution is 6.07. The van der Waals surface area contributed by atoms with Crippen molar-refractivity contribution in [2.24, 2.45) is 17.3 Å². The average Bonchev–Trinajstić information content (AvgIpc) is 2.64. The van der Waals surface area contributed by atoms with E-state index in [1.165, 1.54) is 4.90 Å². The molecule has 2 rings (SSSR count). The van der Waals surface area contributed by atoms with Crippen molar-refractivity contribution in [3.8, 4) is 12.1 Å². The number of hydrogen-bond acceptors (Lipinski definition) is 4. The van der Waals surface area contributed by atoms with Crippen molar-refractivity contribution < 1.29 is 9.59 Å². The number of nitrogens with zero attached hydrogens (tertiary/aromatic N) is 3. The molecular weight excluding hydrogens is 292 g/mol. The normalized spacial score (nSPS) is 30.7. The molecule has 6 heteroatoms. The monoisotopic (exact) mass is 316 g/mol. The number of rotatable bonds is 4. The molecular formula is C17H24N4O2. The summed E-state index contributed by atoms with van der Waals surface area (Å²) in [5, 5.41) is 20.7. The molecule has 1 aliphatic heterocycles. The van der Waals surface area contributed by atoms with Crippen LogP contribution >= 0.6 is 0 Å². The Labute approximate surface area is 137 Å². The van der Waals surface area contributed by atoms with Gasteiger partial charge in [-0.25, -0.2) is 4.79 Å². The molecule has 3 amide bonds. The highest BCUT2D eigenvalue weighted by Crippen LogP contribution is 2.46. The number of nitrogens with one attached hydrogen (secondary N) is 1. The van der Waals surface area contributed by atoms with Crippen LogP contribution in [0.15, 0.2) is 0 Å². The first kappa shape index (κ1) is 17.3. The van der Waals surface area contributed by atoms with Crippen LogP contribution in [0.1, 0.15) is 52.9 Å². The molecule has 23 heavy (non-hydrogen) atoms. The van der Waals surface area contributed by atoms with E-state index in [0.717, 1.165) is 6.42 Å². The molecule has 0 aromatic carbocycles. The molecule has 0 radical (unpaired) electrons. The molecule has 1 saturated heterocycles. The molecule has 2 fully saturated rings. The molecule has 1 aliphatic carbocycles. The van der Waals surface area contributed by atoms with Gasteiger partial charge in [0.05, 0.1) is 18.1 Å². The molecule has 3 unspecified atom stereocenters. The Balaban J connectivity index is 2.17. The largest absolute Gasteiger partial charge is 0.325 e. The van der Waals surface area contributed by atoms with E-state index < -0.39 is 17.5 Å². The lowest BCUT2D eigenvalue weighted by atomic mass is 9.64. The first-order valence-electron chi connectivity index (χ1n) is 8.14. The molecule has 0 aromatic heterocycles. The molecule has 0 bridgehead atoms. The Bertz CT molecular complexity index is 586. The molecule has 1 saturated carbocycles. The predicted molar refractivity (Wildman–Crippen MR) is 83.7 cm³/mol. The van der Waals surface area contributed by atoms with Gasteiger partial charge >= 0.3 is 6.03 Å². The molecule has 2 aliphatic rings. The van der Waals surface area contributed by atoms with Gasteiger partial charge in [0.25, 0.3) is 5.91 Å². The van der Waals surface area contributed by atoms with Crippen molar-refractivity contribution >= 4 is 11.9 Å². The van der Waals surface area contributed by atoms with Crippen LogP contribution in [0.3, 0.4) is 0 Å². The Hall–Kier alpha value is -2.08. The van der Waals surface area contributed by atoms with Crippen LogP contribution in [0, 0.1) is 39.9 Å². The van der Waals surface area contributed by atoms with Crippen LogP contribution in [0.4, 0.5) is 4.79 Å². The van der Waals surface area contributed by atoms with Gasteiger partial charge in [-0.1, -0.05) is 20.8 Å².